The molecule has 8 heteroatoms. The van der Waals surface area contributed by atoms with Crippen molar-refractivity contribution >= 4 is 26.0 Å². The first kappa shape index (κ1) is 17.8. The van der Waals surface area contributed by atoms with Crippen LogP contribution in [0.2, 0.25) is 0 Å². The summed E-state index contributed by atoms with van der Waals surface area (Å²) >= 11 is 3.32. The lowest BCUT2D eigenvalue weighted by molar-refractivity contribution is 0.376. The molecule has 0 atom stereocenters. The fourth-order valence-electron chi connectivity index (χ4n) is 2.17. The molecule has 0 aliphatic rings. The van der Waals surface area contributed by atoms with Gasteiger partial charge < -0.3 is 4.52 Å². The van der Waals surface area contributed by atoms with Crippen molar-refractivity contribution in [3.8, 4) is 11.4 Å². The van der Waals surface area contributed by atoms with E-state index in [0.717, 1.165) is 15.6 Å². The van der Waals surface area contributed by atoms with E-state index >= 15 is 0 Å². The Morgan fingerprint density at radius 2 is 1.76 bits per heavy atom. The first-order chi connectivity index (χ1) is 11.9. The van der Waals surface area contributed by atoms with Crippen LogP contribution >= 0.6 is 15.9 Å². The Bertz CT molecular complexity index is 952. The van der Waals surface area contributed by atoms with Gasteiger partial charge in [0.2, 0.25) is 21.7 Å². The van der Waals surface area contributed by atoms with E-state index in [2.05, 4.69) is 30.8 Å². The van der Waals surface area contributed by atoms with Crippen LogP contribution in [0.3, 0.4) is 0 Å². The maximum atomic E-state index is 12.2. The maximum Gasteiger partial charge on any atom is 0.242 e. The molecule has 0 saturated carbocycles. The number of hydrogen-bond acceptors (Lipinski definition) is 5. The molecule has 25 heavy (non-hydrogen) atoms. The van der Waals surface area contributed by atoms with E-state index in [0.29, 0.717) is 11.4 Å². The van der Waals surface area contributed by atoms with Crippen molar-refractivity contribution in [3.63, 3.8) is 0 Å². The summed E-state index contributed by atoms with van der Waals surface area (Å²) in [6, 6.07) is 14.8. The van der Waals surface area contributed by atoms with Crippen molar-refractivity contribution in [1.29, 1.82) is 0 Å². The zero-order chi connectivity index (χ0) is 17.9. The molecule has 1 N–H and O–H groups in total. The minimum Gasteiger partial charge on any atom is -0.338 e. The number of benzene rings is 2. The molecule has 6 nitrogen and oxygen atoms in total. The summed E-state index contributed by atoms with van der Waals surface area (Å²) in [5, 5.41) is 3.88. The number of nitrogens with zero attached hydrogens (tertiary/aromatic N) is 2. The van der Waals surface area contributed by atoms with E-state index in [1.54, 1.807) is 24.3 Å². The quantitative estimate of drug-likeness (QED) is 0.658. The van der Waals surface area contributed by atoms with Crippen LogP contribution in [0.5, 0.6) is 0 Å². The van der Waals surface area contributed by atoms with Gasteiger partial charge in [-0.2, -0.15) is 4.98 Å². The Hall–Kier alpha value is -2.03. The number of hydrogen-bond donors (Lipinski definition) is 1. The average Bonchev–Trinajstić information content (AvgIpc) is 3.05. The molecule has 0 amide bonds. The highest BCUT2D eigenvalue weighted by Crippen LogP contribution is 2.16. The normalized spacial score (nSPS) is 11.6. The molecule has 3 rings (SSSR count). The van der Waals surface area contributed by atoms with Crippen molar-refractivity contribution in [1.82, 2.24) is 14.9 Å². The largest absolute Gasteiger partial charge is 0.338 e. The molecule has 130 valence electrons. The number of aryl methyl sites for hydroxylation is 1. The summed E-state index contributed by atoms with van der Waals surface area (Å²) in [5.74, 6) is 0.538. The third kappa shape index (κ3) is 4.97. The van der Waals surface area contributed by atoms with Crippen molar-refractivity contribution < 1.29 is 12.9 Å². The van der Waals surface area contributed by atoms with Crippen LogP contribution in [-0.4, -0.2) is 18.6 Å². The fraction of sp³-hybridized carbons (Fsp3) is 0.176. The second-order valence-electron chi connectivity index (χ2n) is 5.58. The molecule has 2 aromatic carbocycles. The molecule has 0 saturated heterocycles. The van der Waals surface area contributed by atoms with Gasteiger partial charge in [0.25, 0.3) is 0 Å². The fourth-order valence-corrected chi connectivity index (χ4v) is 3.51. The van der Waals surface area contributed by atoms with Crippen LogP contribution < -0.4 is 4.72 Å². The van der Waals surface area contributed by atoms with Crippen LogP contribution in [-0.2, 0) is 22.3 Å². The summed E-state index contributed by atoms with van der Waals surface area (Å²) in [5.41, 5.74) is 2.65. The Labute approximate surface area is 154 Å². The number of nitrogens with one attached hydrogen (secondary N) is 1. The third-order valence-electron chi connectivity index (χ3n) is 3.49. The van der Waals surface area contributed by atoms with E-state index in [1.165, 1.54) is 0 Å². The Balaban J connectivity index is 1.63. The number of sulfonamides is 1. The Kier molecular flexibility index (Phi) is 5.31. The van der Waals surface area contributed by atoms with Crippen LogP contribution in [0.25, 0.3) is 11.4 Å². The summed E-state index contributed by atoms with van der Waals surface area (Å²) in [6.07, 6.45) is 0. The lowest BCUT2D eigenvalue weighted by Crippen LogP contribution is -2.24. The van der Waals surface area contributed by atoms with Gasteiger partial charge >= 0.3 is 0 Å². The topological polar surface area (TPSA) is 85.1 Å². The monoisotopic (exact) mass is 421 g/mol. The summed E-state index contributed by atoms with van der Waals surface area (Å²) < 4.78 is 32.8. The SMILES string of the molecule is Cc1ccc(-c2noc(CNS(=O)(=O)Cc3ccc(Br)cc3)n2)cc1. The van der Waals surface area contributed by atoms with E-state index < -0.39 is 10.0 Å². The van der Waals surface area contributed by atoms with Gasteiger partial charge in [-0.25, -0.2) is 13.1 Å². The summed E-state index contributed by atoms with van der Waals surface area (Å²) in [6.45, 7) is 1.95. The minimum atomic E-state index is -3.50. The van der Waals surface area contributed by atoms with Crippen LogP contribution in [0.15, 0.2) is 57.5 Å². The van der Waals surface area contributed by atoms with Crippen molar-refractivity contribution in [2.75, 3.05) is 0 Å². The maximum absolute atomic E-state index is 12.2. The first-order valence-electron chi connectivity index (χ1n) is 7.53. The number of halogens is 1. The second-order valence-corrected chi connectivity index (χ2v) is 8.31. The van der Waals surface area contributed by atoms with Crippen molar-refractivity contribution in [2.45, 2.75) is 19.2 Å². The lowest BCUT2D eigenvalue weighted by atomic mass is 10.1. The van der Waals surface area contributed by atoms with Gasteiger partial charge in [-0.3, -0.25) is 0 Å². The lowest BCUT2D eigenvalue weighted by Gasteiger charge is -2.04. The van der Waals surface area contributed by atoms with Crippen LogP contribution in [0.1, 0.15) is 17.0 Å². The Morgan fingerprint density at radius 3 is 2.44 bits per heavy atom. The van der Waals surface area contributed by atoms with Gasteiger partial charge in [0.15, 0.2) is 0 Å². The van der Waals surface area contributed by atoms with Crippen LogP contribution in [0.4, 0.5) is 0 Å². The molecule has 1 heterocycles. The highest BCUT2D eigenvalue weighted by molar-refractivity contribution is 9.10. The molecular weight excluding hydrogens is 406 g/mol. The molecule has 0 fully saturated rings. The minimum absolute atomic E-state index is 0.0439. The Morgan fingerprint density at radius 1 is 1.08 bits per heavy atom. The summed E-state index contributed by atoms with van der Waals surface area (Å²) in [4.78, 5) is 4.22. The zero-order valence-electron chi connectivity index (χ0n) is 13.4. The molecular formula is C17H16BrN3O3S. The zero-order valence-corrected chi connectivity index (χ0v) is 15.8. The van der Waals surface area contributed by atoms with Gasteiger partial charge in [-0.05, 0) is 24.6 Å². The highest BCUT2D eigenvalue weighted by Gasteiger charge is 2.14. The van der Waals surface area contributed by atoms with Gasteiger partial charge in [0.05, 0.1) is 12.3 Å². The molecule has 3 aromatic rings. The second kappa shape index (κ2) is 7.47. The molecule has 1 aromatic heterocycles. The van der Waals surface area contributed by atoms with Crippen molar-refractivity contribution in [2.24, 2.45) is 0 Å². The predicted molar refractivity (Wildman–Crippen MR) is 98.1 cm³/mol. The molecule has 0 aliphatic carbocycles. The first-order valence-corrected chi connectivity index (χ1v) is 9.97. The summed E-state index contributed by atoms with van der Waals surface area (Å²) in [7, 11) is -3.50. The van der Waals surface area contributed by atoms with E-state index in [-0.39, 0.29) is 18.2 Å². The molecule has 0 aliphatic heterocycles. The predicted octanol–water partition coefficient (Wildman–Crippen LogP) is 3.43. The average molecular weight is 422 g/mol. The van der Waals surface area contributed by atoms with Gasteiger partial charge in [0, 0.05) is 10.0 Å². The van der Waals surface area contributed by atoms with Crippen LogP contribution in [0, 0.1) is 6.92 Å². The number of rotatable bonds is 6. The van der Waals surface area contributed by atoms with Crippen molar-refractivity contribution in [3.05, 3.63) is 70.0 Å². The standard InChI is InChI=1S/C17H16BrN3O3S/c1-12-2-6-14(7-3-12)17-20-16(24-21-17)10-19-25(22,23)11-13-4-8-15(18)9-5-13/h2-9,19H,10-11H2,1H3. The van der Waals surface area contributed by atoms with Gasteiger partial charge in [-0.15, -0.1) is 0 Å². The molecule has 0 radical (unpaired) electrons. The van der Waals surface area contributed by atoms with E-state index in [9.17, 15) is 8.42 Å². The van der Waals surface area contributed by atoms with Gasteiger partial charge in [-0.1, -0.05) is 63.0 Å². The van der Waals surface area contributed by atoms with E-state index in [4.69, 9.17) is 4.52 Å². The van der Waals surface area contributed by atoms with E-state index in [1.807, 2.05) is 31.2 Å². The third-order valence-corrected chi connectivity index (χ3v) is 5.32. The van der Waals surface area contributed by atoms with Gasteiger partial charge in [0.1, 0.15) is 0 Å². The molecule has 0 bridgehead atoms. The smallest absolute Gasteiger partial charge is 0.242 e. The molecule has 0 spiro atoms. The number of aromatic nitrogens is 2. The highest BCUT2D eigenvalue weighted by atomic mass is 79.9. The molecule has 0 unspecified atom stereocenters.